The van der Waals surface area contributed by atoms with Crippen LogP contribution in [0.2, 0.25) is 0 Å². The van der Waals surface area contributed by atoms with Gasteiger partial charge in [-0.3, -0.25) is 4.79 Å². The van der Waals surface area contributed by atoms with E-state index in [4.69, 9.17) is 10.5 Å². The highest BCUT2D eigenvalue weighted by Gasteiger charge is 2.14. The maximum Gasteiger partial charge on any atom is 0.313 e. The minimum absolute atomic E-state index is 0.117. The third-order valence-corrected chi connectivity index (χ3v) is 2.02. The van der Waals surface area contributed by atoms with Gasteiger partial charge in [0.25, 0.3) is 5.88 Å². The van der Waals surface area contributed by atoms with Crippen molar-refractivity contribution in [1.82, 2.24) is 9.55 Å². The molecule has 0 saturated carbocycles. The molecule has 5 nitrogen and oxygen atoms in total. The molecule has 96 valence electrons. The summed E-state index contributed by atoms with van der Waals surface area (Å²) in [5.74, 6) is 0.514. The molecule has 17 heavy (non-hydrogen) atoms. The first-order chi connectivity index (χ1) is 7.79. The predicted octanol–water partition coefficient (Wildman–Crippen LogP) is 1.02. The Morgan fingerprint density at radius 3 is 2.71 bits per heavy atom. The second kappa shape index (κ2) is 5.31. The zero-order chi connectivity index (χ0) is 13.1. The fourth-order valence-electron chi connectivity index (χ4n) is 1.32. The van der Waals surface area contributed by atoms with E-state index >= 15 is 0 Å². The Morgan fingerprint density at radius 1 is 1.53 bits per heavy atom. The monoisotopic (exact) mass is 239 g/mol. The molecule has 2 N–H and O–H groups in total. The number of hydrogen-bond acceptors (Lipinski definition) is 4. The summed E-state index contributed by atoms with van der Waals surface area (Å²) in [6.07, 6.45) is 3.24. The van der Waals surface area contributed by atoms with E-state index in [9.17, 15) is 4.79 Å². The summed E-state index contributed by atoms with van der Waals surface area (Å²) in [5, 5.41) is 0. The molecule has 0 fully saturated rings. The molecule has 0 bridgehead atoms. The van der Waals surface area contributed by atoms with Crippen LogP contribution in [0.5, 0.6) is 5.88 Å². The summed E-state index contributed by atoms with van der Waals surface area (Å²) in [6, 6.07) is 0. The molecule has 1 aromatic rings. The predicted molar refractivity (Wildman–Crippen MR) is 67.1 cm³/mol. The first-order valence-corrected chi connectivity index (χ1v) is 5.77. The molecule has 0 aliphatic carbocycles. The first-order valence-electron chi connectivity index (χ1n) is 5.77. The zero-order valence-corrected chi connectivity index (χ0v) is 10.9. The lowest BCUT2D eigenvalue weighted by atomic mass is 10.1. The highest BCUT2D eigenvalue weighted by molar-refractivity contribution is 5.05. The van der Waals surface area contributed by atoms with Crippen molar-refractivity contribution >= 4 is 0 Å². The lowest BCUT2D eigenvalue weighted by molar-refractivity contribution is 0.229. The maximum absolute atomic E-state index is 12.0. The van der Waals surface area contributed by atoms with Gasteiger partial charge in [0.05, 0.1) is 0 Å². The van der Waals surface area contributed by atoms with Gasteiger partial charge in [0.2, 0.25) is 0 Å². The van der Waals surface area contributed by atoms with Gasteiger partial charge in [-0.15, -0.1) is 0 Å². The van der Waals surface area contributed by atoms with Crippen LogP contribution in [0.15, 0.2) is 17.2 Å². The smallest absolute Gasteiger partial charge is 0.313 e. The fourth-order valence-corrected chi connectivity index (χ4v) is 1.32. The van der Waals surface area contributed by atoms with Gasteiger partial charge in [-0.05, 0) is 19.8 Å². The third kappa shape index (κ3) is 4.56. The standard InChI is InChI=1S/C12H21N3O2/c1-9(2)7-15-6-5-14-10(11(15)16)17-8-12(3,4)13/h5-6,9H,7-8,13H2,1-4H3. The number of nitrogens with two attached hydrogens (primary N) is 1. The largest absolute Gasteiger partial charge is 0.472 e. The molecule has 0 aromatic carbocycles. The van der Waals surface area contributed by atoms with Crippen molar-refractivity contribution in [1.29, 1.82) is 0 Å². The Bertz CT molecular complexity index is 418. The summed E-state index contributed by atoms with van der Waals surface area (Å²) in [5.41, 5.74) is 5.11. The molecule has 0 aliphatic heterocycles. The molecular formula is C12H21N3O2. The molecular weight excluding hydrogens is 218 g/mol. The number of aromatic nitrogens is 2. The van der Waals surface area contributed by atoms with Crippen LogP contribution in [0.1, 0.15) is 27.7 Å². The van der Waals surface area contributed by atoms with Crippen molar-refractivity contribution in [3.05, 3.63) is 22.7 Å². The van der Waals surface area contributed by atoms with E-state index in [0.29, 0.717) is 12.5 Å². The number of nitrogens with zero attached hydrogens (tertiary/aromatic N) is 2. The van der Waals surface area contributed by atoms with Crippen LogP contribution in [0.4, 0.5) is 0 Å². The van der Waals surface area contributed by atoms with Crippen LogP contribution >= 0.6 is 0 Å². The number of ether oxygens (including phenoxy) is 1. The summed E-state index contributed by atoms with van der Waals surface area (Å²) in [7, 11) is 0. The second-order valence-corrected chi connectivity index (χ2v) is 5.36. The van der Waals surface area contributed by atoms with Crippen molar-refractivity contribution in [2.45, 2.75) is 39.8 Å². The third-order valence-electron chi connectivity index (χ3n) is 2.02. The molecule has 1 aromatic heterocycles. The molecule has 0 radical (unpaired) electrons. The van der Waals surface area contributed by atoms with Gasteiger partial charge in [-0.25, -0.2) is 4.98 Å². The van der Waals surface area contributed by atoms with Gasteiger partial charge in [-0.1, -0.05) is 13.8 Å². The fraction of sp³-hybridized carbons (Fsp3) is 0.667. The van der Waals surface area contributed by atoms with Crippen molar-refractivity contribution < 1.29 is 4.74 Å². The van der Waals surface area contributed by atoms with E-state index in [1.165, 1.54) is 0 Å². The normalized spacial score (nSPS) is 11.9. The molecule has 0 unspecified atom stereocenters. The summed E-state index contributed by atoms with van der Waals surface area (Å²) in [4.78, 5) is 15.9. The van der Waals surface area contributed by atoms with Crippen LogP contribution in [0.25, 0.3) is 0 Å². The Morgan fingerprint density at radius 2 is 2.18 bits per heavy atom. The van der Waals surface area contributed by atoms with Crippen molar-refractivity contribution in [2.75, 3.05) is 6.61 Å². The van der Waals surface area contributed by atoms with Gasteiger partial charge in [0.15, 0.2) is 0 Å². The zero-order valence-electron chi connectivity index (χ0n) is 10.9. The molecule has 1 heterocycles. The van der Waals surface area contributed by atoms with Gasteiger partial charge in [-0.2, -0.15) is 0 Å². The first kappa shape index (κ1) is 13.7. The van der Waals surface area contributed by atoms with E-state index < -0.39 is 5.54 Å². The maximum atomic E-state index is 12.0. The average molecular weight is 239 g/mol. The van der Waals surface area contributed by atoms with Crippen LogP contribution in [-0.4, -0.2) is 21.7 Å². The van der Waals surface area contributed by atoms with Crippen molar-refractivity contribution in [3.63, 3.8) is 0 Å². The van der Waals surface area contributed by atoms with Gasteiger partial charge >= 0.3 is 5.56 Å². The highest BCUT2D eigenvalue weighted by atomic mass is 16.5. The Hall–Kier alpha value is -1.36. The molecule has 5 heteroatoms. The summed E-state index contributed by atoms with van der Waals surface area (Å²) >= 11 is 0. The summed E-state index contributed by atoms with van der Waals surface area (Å²) in [6.45, 7) is 8.70. The van der Waals surface area contributed by atoms with Crippen LogP contribution in [-0.2, 0) is 6.54 Å². The average Bonchev–Trinajstić information content (AvgIpc) is 2.17. The number of hydrogen-bond donors (Lipinski definition) is 1. The lowest BCUT2D eigenvalue weighted by Gasteiger charge is -2.18. The SMILES string of the molecule is CC(C)Cn1ccnc(OCC(C)(C)N)c1=O. The Labute approximate surface area is 102 Å². The highest BCUT2D eigenvalue weighted by Crippen LogP contribution is 2.03. The van der Waals surface area contributed by atoms with Crippen molar-refractivity contribution in [2.24, 2.45) is 11.7 Å². The number of rotatable bonds is 5. The molecule has 1 rings (SSSR count). The molecule has 0 aliphatic rings. The molecule has 0 saturated heterocycles. The summed E-state index contributed by atoms with van der Waals surface area (Å²) < 4.78 is 6.96. The van der Waals surface area contributed by atoms with Crippen LogP contribution in [0, 0.1) is 5.92 Å². The minimum Gasteiger partial charge on any atom is -0.472 e. The molecule has 0 spiro atoms. The Kier molecular flexibility index (Phi) is 4.28. The van der Waals surface area contributed by atoms with Gasteiger partial charge < -0.3 is 15.0 Å². The molecule has 0 amide bonds. The van der Waals surface area contributed by atoms with E-state index in [1.54, 1.807) is 17.0 Å². The Balaban J connectivity index is 2.84. The van der Waals surface area contributed by atoms with E-state index in [1.807, 2.05) is 13.8 Å². The van der Waals surface area contributed by atoms with E-state index in [0.717, 1.165) is 0 Å². The minimum atomic E-state index is -0.479. The van der Waals surface area contributed by atoms with Gasteiger partial charge in [0, 0.05) is 24.5 Å². The van der Waals surface area contributed by atoms with Crippen LogP contribution in [0.3, 0.4) is 0 Å². The van der Waals surface area contributed by atoms with Crippen LogP contribution < -0.4 is 16.0 Å². The molecule has 0 atom stereocenters. The lowest BCUT2D eigenvalue weighted by Crippen LogP contribution is -2.40. The quantitative estimate of drug-likeness (QED) is 0.832. The van der Waals surface area contributed by atoms with Gasteiger partial charge in [0.1, 0.15) is 6.61 Å². The van der Waals surface area contributed by atoms with E-state index in [2.05, 4.69) is 18.8 Å². The topological polar surface area (TPSA) is 70.1 Å². The second-order valence-electron chi connectivity index (χ2n) is 5.36. The van der Waals surface area contributed by atoms with Crippen molar-refractivity contribution in [3.8, 4) is 5.88 Å². The van der Waals surface area contributed by atoms with E-state index in [-0.39, 0.29) is 18.0 Å².